The molecule has 21 heavy (non-hydrogen) atoms. The molecule has 1 heteroatoms. The molecule has 1 aromatic carbocycles. The number of hydrogen-bond acceptors (Lipinski definition) is 1. The molecule has 0 saturated heterocycles. The van der Waals surface area contributed by atoms with Crippen LogP contribution >= 0.6 is 0 Å². The summed E-state index contributed by atoms with van der Waals surface area (Å²) in [5.41, 5.74) is 4.39. The first-order valence-electron chi connectivity index (χ1n) is 8.85. The molecular weight excluding hydrogens is 254 g/mol. The second-order valence-corrected chi connectivity index (χ2v) is 7.48. The molecule has 0 aliphatic heterocycles. The third kappa shape index (κ3) is 5.14. The highest BCUT2D eigenvalue weighted by Crippen LogP contribution is 2.36. The molecule has 118 valence electrons. The van der Waals surface area contributed by atoms with E-state index >= 15 is 0 Å². The molecule has 2 rings (SSSR count). The molecule has 1 nitrogen and oxygen atoms in total. The van der Waals surface area contributed by atoms with Crippen LogP contribution in [0.5, 0.6) is 0 Å². The molecule has 1 aliphatic carbocycles. The monoisotopic (exact) mass is 287 g/mol. The summed E-state index contributed by atoms with van der Waals surface area (Å²) in [6, 6.07) is 7.13. The number of rotatable bonds is 6. The topological polar surface area (TPSA) is 12.0 Å². The van der Waals surface area contributed by atoms with Crippen LogP contribution in [0, 0.1) is 25.7 Å². The van der Waals surface area contributed by atoms with Crippen molar-refractivity contribution in [2.75, 3.05) is 13.1 Å². The van der Waals surface area contributed by atoms with E-state index in [2.05, 4.69) is 51.2 Å². The molecule has 0 spiro atoms. The Labute approximate surface area is 131 Å². The SMILES string of the molecule is Cc1cc(C)cc(C(CNCC(C)C)C2CCCCC2)c1. The Kier molecular flexibility index (Phi) is 6.29. The lowest BCUT2D eigenvalue weighted by atomic mass is 9.76. The van der Waals surface area contributed by atoms with E-state index in [9.17, 15) is 0 Å². The summed E-state index contributed by atoms with van der Waals surface area (Å²) in [6.07, 6.45) is 7.13. The minimum Gasteiger partial charge on any atom is -0.316 e. The second kappa shape index (κ2) is 7.98. The van der Waals surface area contributed by atoms with Crippen LogP contribution in [-0.4, -0.2) is 13.1 Å². The summed E-state index contributed by atoms with van der Waals surface area (Å²) in [5.74, 6) is 2.30. The molecule has 0 heterocycles. The molecular formula is C20H33N. The Hall–Kier alpha value is -0.820. The first-order chi connectivity index (χ1) is 10.1. The second-order valence-electron chi connectivity index (χ2n) is 7.48. The van der Waals surface area contributed by atoms with Crippen molar-refractivity contribution in [2.45, 2.75) is 65.7 Å². The van der Waals surface area contributed by atoms with Gasteiger partial charge in [0.1, 0.15) is 0 Å². The minimum absolute atomic E-state index is 0.697. The molecule has 0 amide bonds. The Morgan fingerprint density at radius 1 is 0.952 bits per heavy atom. The van der Waals surface area contributed by atoms with Gasteiger partial charge in [-0.1, -0.05) is 62.4 Å². The van der Waals surface area contributed by atoms with Gasteiger partial charge in [-0.15, -0.1) is 0 Å². The van der Waals surface area contributed by atoms with Gasteiger partial charge in [0.2, 0.25) is 0 Å². The Balaban J connectivity index is 2.13. The predicted molar refractivity (Wildman–Crippen MR) is 92.9 cm³/mol. The number of hydrogen-bond donors (Lipinski definition) is 1. The zero-order chi connectivity index (χ0) is 15.2. The standard InChI is InChI=1S/C20H33N/c1-15(2)13-21-14-20(18-8-6-5-7-9-18)19-11-16(3)10-17(4)12-19/h10-12,15,18,20-21H,5-9,13-14H2,1-4H3. The first kappa shape index (κ1) is 16.5. The maximum Gasteiger partial charge on any atom is 0.00229 e. The highest BCUT2D eigenvalue weighted by atomic mass is 14.9. The lowest BCUT2D eigenvalue weighted by Gasteiger charge is -2.31. The third-order valence-electron chi connectivity index (χ3n) is 4.81. The van der Waals surface area contributed by atoms with E-state index in [-0.39, 0.29) is 0 Å². The van der Waals surface area contributed by atoms with Crippen LogP contribution in [-0.2, 0) is 0 Å². The van der Waals surface area contributed by atoms with E-state index in [1.54, 1.807) is 5.56 Å². The molecule has 1 saturated carbocycles. The maximum atomic E-state index is 3.72. The van der Waals surface area contributed by atoms with Gasteiger partial charge in [0.25, 0.3) is 0 Å². The van der Waals surface area contributed by atoms with E-state index in [0.717, 1.165) is 24.9 Å². The average Bonchev–Trinajstić information content (AvgIpc) is 2.43. The summed E-state index contributed by atoms with van der Waals surface area (Å²) in [6.45, 7) is 11.3. The van der Waals surface area contributed by atoms with Gasteiger partial charge >= 0.3 is 0 Å². The fraction of sp³-hybridized carbons (Fsp3) is 0.700. The fourth-order valence-electron chi connectivity index (χ4n) is 3.84. The van der Waals surface area contributed by atoms with E-state index < -0.39 is 0 Å². The first-order valence-corrected chi connectivity index (χ1v) is 8.85. The molecule has 0 aromatic heterocycles. The van der Waals surface area contributed by atoms with Crippen molar-refractivity contribution in [3.63, 3.8) is 0 Å². The van der Waals surface area contributed by atoms with Gasteiger partial charge in [-0.3, -0.25) is 0 Å². The van der Waals surface area contributed by atoms with Gasteiger partial charge in [-0.05, 0) is 56.6 Å². The van der Waals surface area contributed by atoms with Gasteiger partial charge < -0.3 is 5.32 Å². The molecule has 0 bridgehead atoms. The largest absolute Gasteiger partial charge is 0.316 e. The van der Waals surface area contributed by atoms with Gasteiger partial charge in [0, 0.05) is 6.54 Å². The summed E-state index contributed by atoms with van der Waals surface area (Å²) < 4.78 is 0. The minimum atomic E-state index is 0.697. The molecule has 1 atom stereocenters. The fourth-order valence-corrected chi connectivity index (χ4v) is 3.84. The van der Waals surface area contributed by atoms with E-state index in [1.807, 2.05) is 0 Å². The van der Waals surface area contributed by atoms with Crippen LogP contribution < -0.4 is 5.32 Å². The highest BCUT2D eigenvalue weighted by molar-refractivity contribution is 5.31. The smallest absolute Gasteiger partial charge is 0.00229 e. The molecule has 1 unspecified atom stereocenters. The van der Waals surface area contributed by atoms with E-state index in [1.165, 1.54) is 43.2 Å². The Morgan fingerprint density at radius 2 is 1.57 bits per heavy atom. The van der Waals surface area contributed by atoms with Gasteiger partial charge in [-0.25, -0.2) is 0 Å². The van der Waals surface area contributed by atoms with Crippen LogP contribution in [0.2, 0.25) is 0 Å². The van der Waals surface area contributed by atoms with E-state index in [0.29, 0.717) is 5.92 Å². The van der Waals surface area contributed by atoms with Gasteiger partial charge in [-0.2, -0.15) is 0 Å². The Morgan fingerprint density at radius 3 is 2.14 bits per heavy atom. The normalized spacial score (nSPS) is 18.1. The number of benzene rings is 1. The van der Waals surface area contributed by atoms with Crippen molar-refractivity contribution in [1.82, 2.24) is 5.32 Å². The highest BCUT2D eigenvalue weighted by Gasteiger charge is 2.25. The number of nitrogens with one attached hydrogen (secondary N) is 1. The van der Waals surface area contributed by atoms with E-state index in [4.69, 9.17) is 0 Å². The quantitative estimate of drug-likeness (QED) is 0.757. The lowest BCUT2D eigenvalue weighted by Crippen LogP contribution is -2.30. The summed E-state index contributed by atoms with van der Waals surface area (Å²) >= 11 is 0. The third-order valence-corrected chi connectivity index (χ3v) is 4.81. The summed E-state index contributed by atoms with van der Waals surface area (Å²) in [5, 5.41) is 3.72. The van der Waals surface area contributed by atoms with Gasteiger partial charge in [0.05, 0.1) is 0 Å². The van der Waals surface area contributed by atoms with Crippen molar-refractivity contribution in [2.24, 2.45) is 11.8 Å². The Bertz CT molecular complexity index is 409. The van der Waals surface area contributed by atoms with Crippen LogP contribution in [0.3, 0.4) is 0 Å². The zero-order valence-electron chi connectivity index (χ0n) is 14.4. The van der Waals surface area contributed by atoms with Gasteiger partial charge in [0.15, 0.2) is 0 Å². The van der Waals surface area contributed by atoms with Crippen LogP contribution in [0.15, 0.2) is 18.2 Å². The molecule has 1 aliphatic rings. The summed E-state index contributed by atoms with van der Waals surface area (Å²) in [7, 11) is 0. The summed E-state index contributed by atoms with van der Waals surface area (Å²) in [4.78, 5) is 0. The van der Waals surface area contributed by atoms with Crippen LogP contribution in [0.4, 0.5) is 0 Å². The van der Waals surface area contributed by atoms with Crippen molar-refractivity contribution in [1.29, 1.82) is 0 Å². The molecule has 1 fully saturated rings. The van der Waals surface area contributed by atoms with Crippen molar-refractivity contribution in [3.8, 4) is 0 Å². The lowest BCUT2D eigenvalue weighted by molar-refractivity contribution is 0.294. The average molecular weight is 287 g/mol. The van der Waals surface area contributed by atoms with Crippen LogP contribution in [0.1, 0.15) is 68.6 Å². The molecule has 0 radical (unpaired) electrons. The van der Waals surface area contributed by atoms with Crippen molar-refractivity contribution < 1.29 is 0 Å². The predicted octanol–water partition coefficient (Wildman–Crippen LogP) is 5.21. The zero-order valence-corrected chi connectivity index (χ0v) is 14.4. The molecule has 1 N–H and O–H groups in total. The maximum absolute atomic E-state index is 3.72. The van der Waals surface area contributed by atoms with Crippen LogP contribution in [0.25, 0.3) is 0 Å². The number of aryl methyl sites for hydroxylation is 2. The van der Waals surface area contributed by atoms with Crippen molar-refractivity contribution in [3.05, 3.63) is 34.9 Å². The van der Waals surface area contributed by atoms with Crippen molar-refractivity contribution >= 4 is 0 Å². The molecule has 1 aromatic rings.